The van der Waals surface area contributed by atoms with E-state index in [1.165, 1.54) is 4.90 Å². The van der Waals surface area contributed by atoms with Gasteiger partial charge in [-0.25, -0.2) is 0 Å². The highest BCUT2D eigenvalue weighted by Gasteiger charge is 2.32. The van der Waals surface area contributed by atoms with Crippen molar-refractivity contribution < 1.29 is 14.3 Å². The highest BCUT2D eigenvalue weighted by Crippen LogP contribution is 2.30. The summed E-state index contributed by atoms with van der Waals surface area (Å²) in [5, 5.41) is 2.68. The number of ether oxygens (including phenoxy) is 1. The van der Waals surface area contributed by atoms with Crippen molar-refractivity contribution in [3.63, 3.8) is 0 Å². The highest BCUT2D eigenvalue weighted by molar-refractivity contribution is 5.85. The number of nitrogens with two attached hydrogens (primary N) is 1. The minimum atomic E-state index is -0.363. The van der Waals surface area contributed by atoms with Crippen LogP contribution in [0.4, 0.5) is 0 Å². The SMILES string of the molecule is COCCNC(=O)CN(C)C(=O)CC1(N)CCCC1. The van der Waals surface area contributed by atoms with E-state index in [9.17, 15) is 9.59 Å². The van der Waals surface area contributed by atoms with E-state index in [4.69, 9.17) is 10.5 Å². The molecule has 1 fully saturated rings. The van der Waals surface area contributed by atoms with E-state index in [1.807, 2.05) is 0 Å². The molecule has 0 unspecified atom stereocenters. The van der Waals surface area contributed by atoms with Crippen LogP contribution in [0, 0.1) is 0 Å². The molecule has 19 heavy (non-hydrogen) atoms. The fourth-order valence-electron chi connectivity index (χ4n) is 2.34. The average molecular weight is 271 g/mol. The van der Waals surface area contributed by atoms with Gasteiger partial charge in [-0.1, -0.05) is 12.8 Å². The van der Waals surface area contributed by atoms with Crippen LogP contribution in [-0.4, -0.2) is 56.1 Å². The van der Waals surface area contributed by atoms with E-state index >= 15 is 0 Å². The number of carbonyl (C=O) groups excluding carboxylic acids is 2. The molecule has 0 spiro atoms. The van der Waals surface area contributed by atoms with Crippen LogP contribution < -0.4 is 11.1 Å². The van der Waals surface area contributed by atoms with Crippen molar-refractivity contribution in [1.82, 2.24) is 10.2 Å². The zero-order valence-electron chi connectivity index (χ0n) is 11.9. The largest absolute Gasteiger partial charge is 0.383 e. The number of nitrogens with one attached hydrogen (secondary N) is 1. The zero-order valence-corrected chi connectivity index (χ0v) is 11.9. The molecule has 0 aliphatic heterocycles. The second-order valence-electron chi connectivity index (χ2n) is 5.34. The van der Waals surface area contributed by atoms with Gasteiger partial charge in [0.25, 0.3) is 0 Å². The van der Waals surface area contributed by atoms with Crippen molar-refractivity contribution >= 4 is 11.8 Å². The van der Waals surface area contributed by atoms with Gasteiger partial charge in [0.15, 0.2) is 0 Å². The predicted octanol–water partition coefficient (Wildman–Crippen LogP) is -0.131. The predicted molar refractivity (Wildman–Crippen MR) is 72.5 cm³/mol. The third-order valence-electron chi connectivity index (χ3n) is 3.54. The van der Waals surface area contributed by atoms with Gasteiger partial charge < -0.3 is 20.7 Å². The maximum Gasteiger partial charge on any atom is 0.239 e. The number of hydrogen-bond acceptors (Lipinski definition) is 4. The van der Waals surface area contributed by atoms with Crippen molar-refractivity contribution in [3.05, 3.63) is 0 Å². The molecule has 6 heteroatoms. The Morgan fingerprint density at radius 2 is 2.00 bits per heavy atom. The summed E-state index contributed by atoms with van der Waals surface area (Å²) in [6.07, 6.45) is 4.30. The minimum absolute atomic E-state index is 0.0636. The Morgan fingerprint density at radius 1 is 1.37 bits per heavy atom. The van der Waals surface area contributed by atoms with Gasteiger partial charge in [0.05, 0.1) is 13.2 Å². The van der Waals surface area contributed by atoms with E-state index < -0.39 is 0 Å². The molecule has 1 rings (SSSR count). The van der Waals surface area contributed by atoms with E-state index in [-0.39, 0.29) is 23.9 Å². The standard InChI is InChI=1S/C13H25N3O3/c1-16(10-11(17)15-7-8-19-2)12(18)9-13(14)5-3-4-6-13/h3-10,14H2,1-2H3,(H,15,17). The Labute approximate surface area is 114 Å². The van der Waals surface area contributed by atoms with Crippen LogP contribution in [0.5, 0.6) is 0 Å². The lowest BCUT2D eigenvalue weighted by Gasteiger charge is -2.26. The summed E-state index contributed by atoms with van der Waals surface area (Å²) in [5.74, 6) is -0.239. The molecule has 6 nitrogen and oxygen atoms in total. The van der Waals surface area contributed by atoms with Gasteiger partial charge in [-0.3, -0.25) is 9.59 Å². The van der Waals surface area contributed by atoms with Crippen LogP contribution in [0.25, 0.3) is 0 Å². The van der Waals surface area contributed by atoms with Gasteiger partial charge >= 0.3 is 0 Å². The number of methoxy groups -OCH3 is 1. The Morgan fingerprint density at radius 3 is 2.58 bits per heavy atom. The first-order chi connectivity index (χ1) is 8.97. The third kappa shape index (κ3) is 5.57. The molecule has 0 bridgehead atoms. The average Bonchev–Trinajstić information content (AvgIpc) is 2.76. The summed E-state index contributed by atoms with van der Waals surface area (Å²) in [4.78, 5) is 25.0. The first kappa shape index (κ1) is 15.9. The lowest BCUT2D eigenvalue weighted by Crippen LogP contribution is -2.45. The van der Waals surface area contributed by atoms with Gasteiger partial charge in [0, 0.05) is 32.7 Å². The highest BCUT2D eigenvalue weighted by atomic mass is 16.5. The fourth-order valence-corrected chi connectivity index (χ4v) is 2.34. The Kier molecular flexibility index (Phi) is 6.24. The number of likely N-dealkylation sites (N-methyl/N-ethyl adjacent to an activating group) is 1. The van der Waals surface area contributed by atoms with Crippen molar-refractivity contribution in [2.75, 3.05) is 33.9 Å². The summed E-state index contributed by atoms with van der Waals surface area (Å²) in [6.45, 7) is 0.992. The summed E-state index contributed by atoms with van der Waals surface area (Å²) in [7, 11) is 3.21. The van der Waals surface area contributed by atoms with Crippen LogP contribution >= 0.6 is 0 Å². The maximum absolute atomic E-state index is 12.0. The van der Waals surface area contributed by atoms with Gasteiger partial charge in [-0.05, 0) is 12.8 Å². The topological polar surface area (TPSA) is 84.7 Å². The number of carbonyl (C=O) groups is 2. The van der Waals surface area contributed by atoms with E-state index in [2.05, 4.69) is 5.32 Å². The lowest BCUT2D eigenvalue weighted by molar-refractivity contribution is -0.135. The quantitative estimate of drug-likeness (QED) is 0.632. The van der Waals surface area contributed by atoms with Gasteiger partial charge in [0.1, 0.15) is 0 Å². The molecule has 1 saturated carbocycles. The number of nitrogens with zero attached hydrogens (tertiary/aromatic N) is 1. The number of amides is 2. The summed E-state index contributed by atoms with van der Waals surface area (Å²) in [5.41, 5.74) is 5.80. The van der Waals surface area contributed by atoms with Crippen molar-refractivity contribution in [1.29, 1.82) is 0 Å². The molecule has 0 heterocycles. The Bertz CT molecular complexity index is 314. The normalized spacial score (nSPS) is 17.2. The fraction of sp³-hybridized carbons (Fsp3) is 0.846. The van der Waals surface area contributed by atoms with Crippen LogP contribution in [0.1, 0.15) is 32.1 Å². The van der Waals surface area contributed by atoms with Crippen LogP contribution in [0.15, 0.2) is 0 Å². The summed E-state index contributed by atoms with van der Waals surface area (Å²) in [6, 6.07) is 0. The molecule has 110 valence electrons. The molecule has 2 amide bonds. The van der Waals surface area contributed by atoms with Gasteiger partial charge in [0.2, 0.25) is 11.8 Å². The molecule has 3 N–H and O–H groups in total. The van der Waals surface area contributed by atoms with Crippen molar-refractivity contribution in [3.8, 4) is 0 Å². The minimum Gasteiger partial charge on any atom is -0.383 e. The smallest absolute Gasteiger partial charge is 0.239 e. The van der Waals surface area contributed by atoms with Crippen LogP contribution in [-0.2, 0) is 14.3 Å². The van der Waals surface area contributed by atoms with Crippen LogP contribution in [0.2, 0.25) is 0 Å². The molecule has 0 aromatic heterocycles. The molecule has 0 atom stereocenters. The summed E-state index contributed by atoms with van der Waals surface area (Å²) < 4.78 is 4.83. The number of hydrogen-bond donors (Lipinski definition) is 2. The molecule has 0 aromatic carbocycles. The molecule has 0 radical (unpaired) electrons. The van der Waals surface area contributed by atoms with E-state index in [0.29, 0.717) is 19.6 Å². The molecular formula is C13H25N3O3. The van der Waals surface area contributed by atoms with Gasteiger partial charge in [-0.2, -0.15) is 0 Å². The Balaban J connectivity index is 2.29. The molecule has 1 aliphatic rings. The molecule has 1 aliphatic carbocycles. The molecular weight excluding hydrogens is 246 g/mol. The third-order valence-corrected chi connectivity index (χ3v) is 3.54. The summed E-state index contributed by atoms with van der Waals surface area (Å²) >= 11 is 0. The first-order valence-corrected chi connectivity index (χ1v) is 6.75. The molecule has 0 aromatic rings. The van der Waals surface area contributed by atoms with E-state index in [1.54, 1.807) is 14.2 Å². The van der Waals surface area contributed by atoms with Crippen molar-refractivity contribution in [2.24, 2.45) is 5.73 Å². The van der Waals surface area contributed by atoms with Crippen LogP contribution in [0.3, 0.4) is 0 Å². The molecule has 0 saturated heterocycles. The van der Waals surface area contributed by atoms with E-state index in [0.717, 1.165) is 25.7 Å². The zero-order chi connectivity index (χ0) is 14.3. The monoisotopic (exact) mass is 271 g/mol. The first-order valence-electron chi connectivity index (χ1n) is 6.75. The Hall–Kier alpha value is -1.14. The maximum atomic E-state index is 12.0. The second-order valence-corrected chi connectivity index (χ2v) is 5.34. The second kappa shape index (κ2) is 7.45. The number of rotatable bonds is 7. The van der Waals surface area contributed by atoms with Gasteiger partial charge in [-0.15, -0.1) is 0 Å². The lowest BCUT2D eigenvalue weighted by atomic mass is 9.94. The van der Waals surface area contributed by atoms with Crippen molar-refractivity contribution in [2.45, 2.75) is 37.6 Å².